The molecule has 160 valence electrons. The van der Waals surface area contributed by atoms with Crippen LogP contribution in [0.25, 0.3) is 0 Å². The van der Waals surface area contributed by atoms with E-state index in [1.807, 2.05) is 19.9 Å². The Labute approximate surface area is 174 Å². The molecule has 3 aliphatic heterocycles. The molecule has 9 nitrogen and oxygen atoms in total. The summed E-state index contributed by atoms with van der Waals surface area (Å²) in [6, 6.07) is 4.30. The van der Waals surface area contributed by atoms with Crippen LogP contribution in [0.4, 0.5) is 0 Å². The molecule has 0 aliphatic carbocycles. The quantitative estimate of drug-likeness (QED) is 0.667. The lowest BCUT2D eigenvalue weighted by Gasteiger charge is -2.43. The van der Waals surface area contributed by atoms with Crippen molar-refractivity contribution in [1.82, 2.24) is 15.1 Å². The van der Waals surface area contributed by atoms with Crippen LogP contribution in [0.3, 0.4) is 0 Å². The molecule has 1 aromatic carbocycles. The SMILES string of the molecule is CC1(C)CN(Cc2ccc3c(c2)C(=O)N(C2CCC(=O)NC2=O)C3=O)C(CN)CO1. The zero-order valence-corrected chi connectivity index (χ0v) is 17.1. The van der Waals surface area contributed by atoms with Crippen LogP contribution in [-0.4, -0.2) is 70.8 Å². The molecule has 3 aliphatic rings. The molecule has 2 saturated heterocycles. The molecule has 9 heteroatoms. The average molecular weight is 414 g/mol. The first-order valence-electron chi connectivity index (χ1n) is 10.1. The molecule has 3 heterocycles. The fourth-order valence-electron chi connectivity index (χ4n) is 4.34. The Morgan fingerprint density at radius 2 is 1.90 bits per heavy atom. The van der Waals surface area contributed by atoms with E-state index in [1.165, 1.54) is 0 Å². The number of carbonyl (C=O) groups excluding carboxylic acids is 4. The number of imide groups is 2. The third-order valence-corrected chi connectivity index (χ3v) is 5.93. The van der Waals surface area contributed by atoms with Gasteiger partial charge in [0.2, 0.25) is 11.8 Å². The lowest BCUT2D eigenvalue weighted by molar-refractivity contribution is -0.136. The maximum Gasteiger partial charge on any atom is 0.262 e. The number of nitrogens with one attached hydrogen (secondary N) is 1. The molecule has 2 unspecified atom stereocenters. The molecule has 0 bridgehead atoms. The molecule has 30 heavy (non-hydrogen) atoms. The van der Waals surface area contributed by atoms with E-state index in [0.29, 0.717) is 31.8 Å². The predicted molar refractivity (Wildman–Crippen MR) is 106 cm³/mol. The van der Waals surface area contributed by atoms with Crippen LogP contribution in [0.15, 0.2) is 18.2 Å². The second-order valence-corrected chi connectivity index (χ2v) is 8.69. The van der Waals surface area contributed by atoms with E-state index < -0.39 is 29.7 Å². The number of fused-ring (bicyclic) bond motifs is 1. The number of nitrogens with two attached hydrogens (primary N) is 1. The fraction of sp³-hybridized carbons (Fsp3) is 0.524. The van der Waals surface area contributed by atoms with Gasteiger partial charge < -0.3 is 10.5 Å². The number of amides is 4. The standard InChI is InChI=1S/C21H26N4O5/c1-21(2)11-24(13(8-22)10-30-21)9-12-3-4-14-15(7-12)20(29)25(19(14)28)16-5-6-17(26)23-18(16)27/h3-4,7,13,16H,5-6,8-11,22H2,1-2H3,(H,23,26,27). The van der Waals surface area contributed by atoms with E-state index in [0.717, 1.165) is 10.5 Å². The summed E-state index contributed by atoms with van der Waals surface area (Å²) in [5, 5.41) is 2.20. The highest BCUT2D eigenvalue weighted by atomic mass is 16.5. The van der Waals surface area contributed by atoms with Gasteiger partial charge in [0.15, 0.2) is 0 Å². The van der Waals surface area contributed by atoms with E-state index >= 15 is 0 Å². The molecule has 2 fully saturated rings. The van der Waals surface area contributed by atoms with Gasteiger partial charge in [-0.15, -0.1) is 0 Å². The number of morpholine rings is 1. The summed E-state index contributed by atoms with van der Waals surface area (Å²) in [5.41, 5.74) is 7.07. The van der Waals surface area contributed by atoms with Gasteiger partial charge in [-0.2, -0.15) is 0 Å². The second kappa shape index (κ2) is 7.57. The molecule has 0 saturated carbocycles. The summed E-state index contributed by atoms with van der Waals surface area (Å²) in [4.78, 5) is 52.6. The molecule has 4 amide bonds. The minimum atomic E-state index is -0.958. The Bertz CT molecular complexity index is 928. The minimum Gasteiger partial charge on any atom is -0.373 e. The van der Waals surface area contributed by atoms with Crippen LogP contribution in [0, 0.1) is 0 Å². The maximum atomic E-state index is 13.0. The lowest BCUT2D eigenvalue weighted by atomic mass is 10.0. The number of carbonyl (C=O) groups is 4. The summed E-state index contributed by atoms with van der Waals surface area (Å²) in [6.07, 6.45) is 0.242. The largest absolute Gasteiger partial charge is 0.373 e. The van der Waals surface area contributed by atoms with E-state index in [9.17, 15) is 19.2 Å². The molecular weight excluding hydrogens is 388 g/mol. The predicted octanol–water partition coefficient (Wildman–Crippen LogP) is 0.0259. The van der Waals surface area contributed by atoms with Gasteiger partial charge in [0, 0.05) is 32.1 Å². The van der Waals surface area contributed by atoms with Gasteiger partial charge in [0.25, 0.3) is 11.8 Å². The Balaban J connectivity index is 1.56. The zero-order valence-electron chi connectivity index (χ0n) is 17.1. The van der Waals surface area contributed by atoms with Gasteiger partial charge in [0.05, 0.1) is 23.3 Å². The lowest BCUT2D eigenvalue weighted by Crippen LogP contribution is -2.55. The smallest absolute Gasteiger partial charge is 0.262 e. The van der Waals surface area contributed by atoms with Crippen LogP contribution in [0.2, 0.25) is 0 Å². The van der Waals surface area contributed by atoms with Gasteiger partial charge in [-0.1, -0.05) is 6.07 Å². The van der Waals surface area contributed by atoms with Crippen molar-refractivity contribution in [3.8, 4) is 0 Å². The Morgan fingerprint density at radius 1 is 1.17 bits per heavy atom. The average Bonchev–Trinajstić information content (AvgIpc) is 2.92. The van der Waals surface area contributed by atoms with Crippen LogP contribution in [0.5, 0.6) is 0 Å². The van der Waals surface area contributed by atoms with Crippen molar-refractivity contribution in [2.75, 3.05) is 19.7 Å². The third-order valence-electron chi connectivity index (χ3n) is 5.93. The zero-order chi connectivity index (χ0) is 21.6. The highest BCUT2D eigenvalue weighted by molar-refractivity contribution is 6.23. The highest BCUT2D eigenvalue weighted by Gasteiger charge is 2.44. The number of hydrogen-bond acceptors (Lipinski definition) is 7. The van der Waals surface area contributed by atoms with Crippen molar-refractivity contribution in [3.63, 3.8) is 0 Å². The summed E-state index contributed by atoms with van der Waals surface area (Å²) in [5.74, 6) is -1.99. The Morgan fingerprint density at radius 3 is 2.60 bits per heavy atom. The van der Waals surface area contributed by atoms with Crippen molar-refractivity contribution >= 4 is 23.6 Å². The van der Waals surface area contributed by atoms with Crippen LogP contribution < -0.4 is 11.1 Å². The molecule has 1 aromatic rings. The fourth-order valence-corrected chi connectivity index (χ4v) is 4.34. The normalized spacial score (nSPS) is 26.7. The number of piperidine rings is 1. The van der Waals surface area contributed by atoms with Crippen LogP contribution in [-0.2, 0) is 20.9 Å². The van der Waals surface area contributed by atoms with Crippen molar-refractivity contribution in [2.45, 2.75) is 50.9 Å². The number of ether oxygens (including phenoxy) is 1. The van der Waals surface area contributed by atoms with Crippen LogP contribution >= 0.6 is 0 Å². The summed E-state index contributed by atoms with van der Waals surface area (Å²) in [6.45, 7) is 6.31. The summed E-state index contributed by atoms with van der Waals surface area (Å²) < 4.78 is 5.85. The topological polar surface area (TPSA) is 122 Å². The van der Waals surface area contributed by atoms with Gasteiger partial charge in [-0.25, -0.2) is 0 Å². The first kappa shape index (κ1) is 20.6. The minimum absolute atomic E-state index is 0.0728. The van der Waals surface area contributed by atoms with Crippen LogP contribution in [0.1, 0.15) is 53.0 Å². The third kappa shape index (κ3) is 3.64. The van der Waals surface area contributed by atoms with Crippen molar-refractivity contribution in [3.05, 3.63) is 34.9 Å². The monoisotopic (exact) mass is 414 g/mol. The van der Waals surface area contributed by atoms with E-state index in [-0.39, 0.29) is 30.0 Å². The van der Waals surface area contributed by atoms with E-state index in [2.05, 4.69) is 10.2 Å². The maximum absolute atomic E-state index is 13.0. The number of nitrogens with zero attached hydrogens (tertiary/aromatic N) is 2. The molecule has 0 aromatic heterocycles. The molecule has 2 atom stereocenters. The summed E-state index contributed by atoms with van der Waals surface area (Å²) >= 11 is 0. The second-order valence-electron chi connectivity index (χ2n) is 8.69. The number of hydrogen-bond donors (Lipinski definition) is 2. The Kier molecular flexibility index (Phi) is 5.21. The number of rotatable bonds is 4. The molecular formula is C21H26N4O5. The first-order valence-corrected chi connectivity index (χ1v) is 10.1. The molecule has 4 rings (SSSR count). The van der Waals surface area contributed by atoms with Gasteiger partial charge in [0.1, 0.15) is 6.04 Å². The molecule has 0 spiro atoms. The molecule has 3 N–H and O–H groups in total. The van der Waals surface area contributed by atoms with E-state index in [4.69, 9.17) is 10.5 Å². The Hall–Kier alpha value is -2.62. The van der Waals surface area contributed by atoms with Gasteiger partial charge in [-0.3, -0.25) is 34.3 Å². The summed E-state index contributed by atoms with van der Waals surface area (Å²) in [7, 11) is 0. The van der Waals surface area contributed by atoms with Crippen molar-refractivity contribution in [1.29, 1.82) is 0 Å². The molecule has 0 radical (unpaired) electrons. The van der Waals surface area contributed by atoms with Gasteiger partial charge in [-0.05, 0) is 38.0 Å². The first-order chi connectivity index (χ1) is 14.2. The highest BCUT2D eigenvalue weighted by Crippen LogP contribution is 2.29. The van der Waals surface area contributed by atoms with Crippen molar-refractivity contribution < 1.29 is 23.9 Å². The number of benzene rings is 1. The van der Waals surface area contributed by atoms with Crippen molar-refractivity contribution in [2.24, 2.45) is 5.73 Å². The van der Waals surface area contributed by atoms with Gasteiger partial charge >= 0.3 is 0 Å². The van der Waals surface area contributed by atoms with E-state index in [1.54, 1.807) is 12.1 Å².